The molecule has 0 aliphatic carbocycles. The molecular formula is C25H22ClNO6S. The first-order valence-electron chi connectivity index (χ1n) is 10.5. The standard InChI is InChI=1S/C25H22ClNO6S/c1-3-33-20-11-14(7-9-18(20)28)22-21(23(29)15-6-8-17(26)19(12-15)32-2)24(30)25(31)27(22)13-16-5-4-10-34-16/h4-12,22,28-29H,3,13H2,1-2H3/b23-21-. The number of carbonyl (C=O) groups excluding carboxylic acids is 2. The van der Waals surface area contributed by atoms with Crippen molar-refractivity contribution in [1.29, 1.82) is 0 Å². The maximum Gasteiger partial charge on any atom is 0.295 e. The van der Waals surface area contributed by atoms with Crippen LogP contribution >= 0.6 is 22.9 Å². The predicted molar refractivity (Wildman–Crippen MR) is 129 cm³/mol. The van der Waals surface area contributed by atoms with Crippen LogP contribution in [0.1, 0.15) is 29.0 Å². The minimum Gasteiger partial charge on any atom is -0.507 e. The second-order valence-corrected chi connectivity index (χ2v) is 8.96. The van der Waals surface area contributed by atoms with Crippen molar-refractivity contribution in [2.24, 2.45) is 0 Å². The summed E-state index contributed by atoms with van der Waals surface area (Å²) in [5, 5.41) is 23.6. The number of ether oxygens (including phenoxy) is 2. The summed E-state index contributed by atoms with van der Waals surface area (Å²) in [5.41, 5.74) is 0.725. The van der Waals surface area contributed by atoms with Gasteiger partial charge in [0.15, 0.2) is 11.5 Å². The van der Waals surface area contributed by atoms with Crippen LogP contribution in [0.5, 0.6) is 17.2 Å². The monoisotopic (exact) mass is 499 g/mol. The summed E-state index contributed by atoms with van der Waals surface area (Å²) in [6.45, 7) is 2.28. The first kappa shape index (κ1) is 23.7. The number of thiophene rings is 1. The van der Waals surface area contributed by atoms with E-state index < -0.39 is 17.7 Å². The number of Topliss-reactive ketones (excluding diaryl/α,β-unsaturated/α-hetero) is 1. The van der Waals surface area contributed by atoms with Gasteiger partial charge in [0.05, 0.1) is 36.9 Å². The van der Waals surface area contributed by atoms with E-state index in [0.29, 0.717) is 22.9 Å². The molecule has 0 saturated carbocycles. The van der Waals surface area contributed by atoms with Crippen molar-refractivity contribution in [1.82, 2.24) is 4.90 Å². The van der Waals surface area contributed by atoms with Crippen molar-refractivity contribution in [2.45, 2.75) is 19.5 Å². The van der Waals surface area contributed by atoms with Crippen molar-refractivity contribution in [2.75, 3.05) is 13.7 Å². The molecule has 2 N–H and O–H groups in total. The van der Waals surface area contributed by atoms with Crippen LogP contribution < -0.4 is 9.47 Å². The molecule has 0 bridgehead atoms. The summed E-state index contributed by atoms with van der Waals surface area (Å²) in [5.74, 6) is -1.42. The number of rotatable bonds is 7. The van der Waals surface area contributed by atoms with E-state index in [1.807, 2.05) is 17.5 Å². The minimum atomic E-state index is -0.899. The SMILES string of the molecule is CCOc1cc(C2/C(=C(/O)c3ccc(Cl)c(OC)c3)C(=O)C(=O)N2Cc2cccs2)ccc1O. The number of ketones is 1. The number of likely N-dealkylation sites (tertiary alicyclic amines) is 1. The Morgan fingerprint density at radius 2 is 1.94 bits per heavy atom. The number of amides is 1. The van der Waals surface area contributed by atoms with Crippen LogP contribution in [-0.2, 0) is 16.1 Å². The van der Waals surface area contributed by atoms with E-state index in [1.54, 1.807) is 31.2 Å². The molecule has 9 heteroatoms. The number of aliphatic hydroxyl groups is 1. The molecule has 1 amide bonds. The molecule has 0 spiro atoms. The second kappa shape index (κ2) is 9.79. The molecule has 1 atom stereocenters. The highest BCUT2D eigenvalue weighted by Crippen LogP contribution is 2.43. The number of phenolic OH excluding ortho intramolecular Hbond substituents is 1. The van der Waals surface area contributed by atoms with Crippen LogP contribution in [0.2, 0.25) is 5.02 Å². The smallest absolute Gasteiger partial charge is 0.295 e. The summed E-state index contributed by atoms with van der Waals surface area (Å²) in [4.78, 5) is 28.6. The number of aromatic hydroxyl groups is 1. The molecule has 1 unspecified atom stereocenters. The van der Waals surface area contributed by atoms with Crippen molar-refractivity contribution >= 4 is 40.4 Å². The molecule has 3 aromatic rings. The number of halogens is 1. The van der Waals surface area contributed by atoms with Gasteiger partial charge in [-0.05, 0) is 54.3 Å². The molecule has 1 aromatic heterocycles. The van der Waals surface area contributed by atoms with E-state index in [0.717, 1.165) is 4.88 Å². The van der Waals surface area contributed by atoms with Crippen LogP contribution in [0.3, 0.4) is 0 Å². The Hall–Kier alpha value is -3.49. The lowest BCUT2D eigenvalue weighted by Crippen LogP contribution is -2.28. The van der Waals surface area contributed by atoms with Crippen LogP contribution in [0.15, 0.2) is 59.5 Å². The number of aliphatic hydroxyl groups excluding tert-OH is 1. The molecule has 1 aliphatic heterocycles. The highest BCUT2D eigenvalue weighted by atomic mass is 35.5. The Morgan fingerprint density at radius 3 is 2.62 bits per heavy atom. The average molecular weight is 500 g/mol. The van der Waals surface area contributed by atoms with Gasteiger partial charge >= 0.3 is 0 Å². The molecule has 1 fully saturated rings. The Labute approximate surface area is 205 Å². The molecule has 34 heavy (non-hydrogen) atoms. The Bertz CT molecular complexity index is 1270. The number of carbonyl (C=O) groups is 2. The van der Waals surface area contributed by atoms with Gasteiger partial charge in [-0.1, -0.05) is 23.7 Å². The number of nitrogens with zero attached hydrogens (tertiary/aromatic N) is 1. The van der Waals surface area contributed by atoms with E-state index in [2.05, 4.69) is 0 Å². The fourth-order valence-corrected chi connectivity index (χ4v) is 4.79. The van der Waals surface area contributed by atoms with E-state index in [4.69, 9.17) is 21.1 Å². The molecule has 1 saturated heterocycles. The van der Waals surface area contributed by atoms with Gasteiger partial charge in [0.1, 0.15) is 11.5 Å². The Kier molecular flexibility index (Phi) is 6.81. The third-order valence-corrected chi connectivity index (χ3v) is 6.64. The largest absolute Gasteiger partial charge is 0.507 e. The zero-order chi connectivity index (χ0) is 24.4. The van der Waals surface area contributed by atoms with Gasteiger partial charge in [-0.25, -0.2) is 0 Å². The van der Waals surface area contributed by atoms with Gasteiger partial charge < -0.3 is 24.6 Å². The predicted octanol–water partition coefficient (Wildman–Crippen LogP) is 5.14. The van der Waals surface area contributed by atoms with Gasteiger partial charge in [-0.3, -0.25) is 9.59 Å². The molecular weight excluding hydrogens is 478 g/mol. The lowest BCUT2D eigenvalue weighted by molar-refractivity contribution is -0.140. The third-order valence-electron chi connectivity index (χ3n) is 5.47. The summed E-state index contributed by atoms with van der Waals surface area (Å²) < 4.78 is 10.7. The van der Waals surface area contributed by atoms with Crippen molar-refractivity contribution < 1.29 is 29.3 Å². The van der Waals surface area contributed by atoms with Gasteiger partial charge in [-0.2, -0.15) is 0 Å². The average Bonchev–Trinajstić information content (AvgIpc) is 3.43. The van der Waals surface area contributed by atoms with Gasteiger partial charge in [0.25, 0.3) is 11.7 Å². The topological polar surface area (TPSA) is 96.3 Å². The van der Waals surface area contributed by atoms with Crippen LogP contribution in [-0.4, -0.2) is 40.5 Å². The molecule has 176 valence electrons. The molecule has 1 aliphatic rings. The van der Waals surface area contributed by atoms with Crippen LogP contribution in [0.4, 0.5) is 0 Å². The summed E-state index contributed by atoms with van der Waals surface area (Å²) >= 11 is 7.57. The first-order chi connectivity index (χ1) is 16.3. The Balaban J connectivity index is 1.90. The maximum absolute atomic E-state index is 13.2. The second-order valence-electron chi connectivity index (χ2n) is 7.52. The first-order valence-corrected chi connectivity index (χ1v) is 11.7. The quantitative estimate of drug-likeness (QED) is 0.265. The van der Waals surface area contributed by atoms with Gasteiger partial charge in [0.2, 0.25) is 0 Å². The summed E-state index contributed by atoms with van der Waals surface area (Å²) in [7, 11) is 1.44. The van der Waals surface area contributed by atoms with Crippen molar-refractivity contribution in [3.8, 4) is 17.2 Å². The van der Waals surface area contributed by atoms with Crippen LogP contribution in [0, 0.1) is 0 Å². The van der Waals surface area contributed by atoms with Gasteiger partial charge in [0, 0.05) is 10.4 Å². The number of hydrogen-bond donors (Lipinski definition) is 2. The number of phenols is 1. The normalized spacial score (nSPS) is 17.3. The fraction of sp³-hybridized carbons (Fsp3) is 0.200. The molecule has 2 heterocycles. The van der Waals surface area contributed by atoms with E-state index in [9.17, 15) is 19.8 Å². The minimum absolute atomic E-state index is 0.0664. The number of methoxy groups -OCH3 is 1. The summed E-state index contributed by atoms with van der Waals surface area (Å²) in [6.07, 6.45) is 0. The molecule has 7 nitrogen and oxygen atoms in total. The highest BCUT2D eigenvalue weighted by molar-refractivity contribution is 7.09. The van der Waals surface area contributed by atoms with E-state index in [-0.39, 0.29) is 34.9 Å². The molecule has 2 aromatic carbocycles. The lowest BCUT2D eigenvalue weighted by Gasteiger charge is -2.25. The number of benzene rings is 2. The summed E-state index contributed by atoms with van der Waals surface area (Å²) in [6, 6.07) is 12.0. The van der Waals surface area contributed by atoms with Crippen molar-refractivity contribution in [3.63, 3.8) is 0 Å². The third kappa shape index (κ3) is 4.34. The Morgan fingerprint density at radius 1 is 1.15 bits per heavy atom. The maximum atomic E-state index is 13.2. The van der Waals surface area contributed by atoms with E-state index in [1.165, 1.54) is 35.5 Å². The lowest BCUT2D eigenvalue weighted by atomic mass is 9.95. The fourth-order valence-electron chi connectivity index (χ4n) is 3.89. The zero-order valence-electron chi connectivity index (χ0n) is 18.4. The van der Waals surface area contributed by atoms with Gasteiger partial charge in [-0.15, -0.1) is 11.3 Å². The zero-order valence-corrected chi connectivity index (χ0v) is 20.0. The van der Waals surface area contributed by atoms with Crippen LogP contribution in [0.25, 0.3) is 5.76 Å². The number of hydrogen-bond acceptors (Lipinski definition) is 7. The highest BCUT2D eigenvalue weighted by Gasteiger charge is 2.46. The molecule has 4 rings (SSSR count). The molecule has 0 radical (unpaired) electrons. The van der Waals surface area contributed by atoms with E-state index >= 15 is 0 Å². The van der Waals surface area contributed by atoms with Crippen molar-refractivity contribution in [3.05, 3.63) is 80.5 Å².